The minimum atomic E-state index is -1.42. The second-order valence-electron chi connectivity index (χ2n) is 1.81. The number of carboxylic acid groups (broad SMARTS) is 1. The molecule has 0 aliphatic heterocycles. The van der Waals surface area contributed by atoms with E-state index in [4.69, 9.17) is 0 Å². The molecule has 0 radical (unpaired) electrons. The van der Waals surface area contributed by atoms with E-state index in [2.05, 4.69) is 15.9 Å². The van der Waals surface area contributed by atoms with Crippen molar-refractivity contribution >= 4 is 38.2 Å². The molecule has 1 rings (SSSR count). The van der Waals surface area contributed by atoms with Crippen LogP contribution >= 0.6 is 27.3 Å². The Morgan fingerprint density at radius 1 is 1.67 bits per heavy atom. The van der Waals surface area contributed by atoms with E-state index < -0.39 is 10.9 Å². The van der Waals surface area contributed by atoms with Gasteiger partial charge in [0.15, 0.2) is 0 Å². The zero-order chi connectivity index (χ0) is 9.30. The first-order valence-electron chi connectivity index (χ1n) is 2.67. The van der Waals surface area contributed by atoms with Gasteiger partial charge in [-0.25, -0.2) is 0 Å². The zero-order valence-corrected chi connectivity index (χ0v) is 7.85. The van der Waals surface area contributed by atoms with Crippen molar-refractivity contribution in [3.8, 4) is 0 Å². The molecule has 1 aromatic heterocycles. The molecule has 12 heavy (non-hydrogen) atoms. The van der Waals surface area contributed by atoms with Crippen molar-refractivity contribution < 1.29 is 14.8 Å². The van der Waals surface area contributed by atoms with Crippen LogP contribution in [0.2, 0.25) is 0 Å². The largest absolute Gasteiger partial charge is 0.544 e. The van der Waals surface area contributed by atoms with Gasteiger partial charge in [-0.1, -0.05) is 11.3 Å². The molecule has 7 heteroatoms. The Balaban J connectivity index is 3.17. The molecule has 0 saturated heterocycles. The van der Waals surface area contributed by atoms with Gasteiger partial charge >= 0.3 is 5.00 Å². The molecule has 0 saturated carbocycles. The van der Waals surface area contributed by atoms with Gasteiger partial charge in [-0.05, 0) is 15.9 Å². The highest BCUT2D eigenvalue weighted by Crippen LogP contribution is 2.31. The number of halogens is 1. The number of carbonyl (C=O) groups excluding carboxylic acids is 1. The Kier molecular flexibility index (Phi) is 2.43. The third-order valence-corrected chi connectivity index (χ3v) is 2.99. The van der Waals surface area contributed by atoms with Crippen LogP contribution in [-0.2, 0) is 0 Å². The number of thiophene rings is 1. The van der Waals surface area contributed by atoms with E-state index in [1.165, 1.54) is 0 Å². The maximum absolute atomic E-state index is 10.3. The van der Waals surface area contributed by atoms with Gasteiger partial charge in [-0.3, -0.25) is 10.1 Å². The molecular formula is C5HBrNO4S-. The number of aromatic carboxylic acids is 1. The van der Waals surface area contributed by atoms with Crippen LogP contribution in [-0.4, -0.2) is 10.9 Å². The Morgan fingerprint density at radius 2 is 2.25 bits per heavy atom. The monoisotopic (exact) mass is 250 g/mol. The predicted molar refractivity (Wildman–Crippen MR) is 43.0 cm³/mol. The molecule has 0 spiro atoms. The summed E-state index contributed by atoms with van der Waals surface area (Å²) in [5, 5.41) is 20.3. The lowest BCUT2D eigenvalue weighted by atomic mass is 10.5. The quantitative estimate of drug-likeness (QED) is 0.574. The number of carboxylic acids is 1. The summed E-state index contributed by atoms with van der Waals surface area (Å²) in [6.45, 7) is 0. The molecular weight excluding hydrogens is 250 g/mol. The van der Waals surface area contributed by atoms with Crippen LogP contribution < -0.4 is 5.11 Å². The molecule has 0 aliphatic rings. The van der Waals surface area contributed by atoms with Crippen LogP contribution in [0, 0.1) is 10.1 Å². The van der Waals surface area contributed by atoms with Crippen LogP contribution in [0.15, 0.2) is 10.5 Å². The first-order valence-corrected chi connectivity index (χ1v) is 4.28. The number of rotatable bonds is 2. The van der Waals surface area contributed by atoms with Gasteiger partial charge in [0.25, 0.3) is 0 Å². The number of nitrogens with zero attached hydrogens (tertiary/aromatic N) is 1. The third kappa shape index (κ3) is 1.62. The Bertz CT molecular complexity index is 347. The third-order valence-electron chi connectivity index (χ3n) is 1.04. The number of hydrogen-bond donors (Lipinski definition) is 0. The van der Waals surface area contributed by atoms with Gasteiger partial charge in [0.2, 0.25) is 0 Å². The number of carbonyl (C=O) groups is 1. The van der Waals surface area contributed by atoms with Crippen molar-refractivity contribution in [2.24, 2.45) is 0 Å². The molecule has 5 nitrogen and oxygen atoms in total. The zero-order valence-electron chi connectivity index (χ0n) is 5.44. The van der Waals surface area contributed by atoms with Crippen molar-refractivity contribution in [2.45, 2.75) is 0 Å². The van der Waals surface area contributed by atoms with E-state index in [0.29, 0.717) is 11.3 Å². The van der Waals surface area contributed by atoms with Crippen molar-refractivity contribution in [1.82, 2.24) is 0 Å². The first-order chi connectivity index (χ1) is 5.52. The Morgan fingerprint density at radius 3 is 2.50 bits per heavy atom. The summed E-state index contributed by atoms with van der Waals surface area (Å²) in [6.07, 6.45) is 0. The molecule has 0 bridgehead atoms. The maximum Gasteiger partial charge on any atom is 0.325 e. The Labute approximate surface area is 78.9 Å². The minimum Gasteiger partial charge on any atom is -0.544 e. The van der Waals surface area contributed by atoms with Crippen molar-refractivity contribution in [3.05, 3.63) is 25.5 Å². The standard InChI is InChI=1S/C5H2BrNO4S/c6-2-1-3(7(10)11)12-4(2)5(8)9/h1H,(H,8,9)/p-1. The second-order valence-corrected chi connectivity index (χ2v) is 3.69. The topological polar surface area (TPSA) is 83.3 Å². The summed E-state index contributed by atoms with van der Waals surface area (Å²) in [6, 6.07) is 1.13. The number of hydrogen-bond acceptors (Lipinski definition) is 5. The number of nitro groups is 1. The lowest BCUT2D eigenvalue weighted by molar-refractivity contribution is -0.380. The molecule has 0 unspecified atom stereocenters. The highest BCUT2D eigenvalue weighted by molar-refractivity contribution is 9.10. The molecule has 0 aromatic carbocycles. The fourth-order valence-corrected chi connectivity index (χ4v) is 2.06. The Hall–Kier alpha value is -0.950. The summed E-state index contributed by atoms with van der Waals surface area (Å²) in [4.78, 5) is 19.7. The molecule has 0 N–H and O–H groups in total. The van der Waals surface area contributed by atoms with Crippen molar-refractivity contribution in [3.63, 3.8) is 0 Å². The van der Waals surface area contributed by atoms with Crippen LogP contribution in [0.5, 0.6) is 0 Å². The lowest BCUT2D eigenvalue weighted by Gasteiger charge is -1.94. The SMILES string of the molecule is O=C([O-])c1sc([N+](=O)[O-])cc1Br. The summed E-state index contributed by atoms with van der Waals surface area (Å²) < 4.78 is 0.180. The summed E-state index contributed by atoms with van der Waals surface area (Å²) >= 11 is 3.44. The van der Waals surface area contributed by atoms with E-state index in [0.717, 1.165) is 6.07 Å². The van der Waals surface area contributed by atoms with Gasteiger partial charge in [-0.15, -0.1) is 0 Å². The lowest BCUT2D eigenvalue weighted by Crippen LogP contribution is -2.21. The fourth-order valence-electron chi connectivity index (χ4n) is 0.586. The normalized spacial score (nSPS) is 9.75. The summed E-state index contributed by atoms with van der Waals surface area (Å²) in [5.74, 6) is -1.42. The van der Waals surface area contributed by atoms with Gasteiger partial charge in [0.05, 0.1) is 15.8 Å². The van der Waals surface area contributed by atoms with Crippen LogP contribution in [0.3, 0.4) is 0 Å². The van der Waals surface area contributed by atoms with E-state index in [1.54, 1.807) is 0 Å². The fraction of sp³-hybridized carbons (Fsp3) is 0. The van der Waals surface area contributed by atoms with E-state index in [9.17, 15) is 20.0 Å². The molecule has 0 atom stereocenters. The van der Waals surface area contributed by atoms with Crippen LogP contribution in [0.4, 0.5) is 5.00 Å². The van der Waals surface area contributed by atoms with Gasteiger partial charge in [0.1, 0.15) is 0 Å². The van der Waals surface area contributed by atoms with E-state index >= 15 is 0 Å². The predicted octanol–water partition coefficient (Wildman–Crippen LogP) is 0.782. The smallest absolute Gasteiger partial charge is 0.325 e. The van der Waals surface area contributed by atoms with Gasteiger partial charge in [-0.2, -0.15) is 0 Å². The highest BCUT2D eigenvalue weighted by Gasteiger charge is 2.15. The average molecular weight is 251 g/mol. The van der Waals surface area contributed by atoms with Gasteiger partial charge in [0, 0.05) is 10.5 Å². The maximum atomic E-state index is 10.3. The highest BCUT2D eigenvalue weighted by atomic mass is 79.9. The summed E-state index contributed by atoms with van der Waals surface area (Å²) in [7, 11) is 0. The van der Waals surface area contributed by atoms with E-state index in [1.807, 2.05) is 0 Å². The van der Waals surface area contributed by atoms with Crippen molar-refractivity contribution in [1.29, 1.82) is 0 Å². The molecule has 64 valence electrons. The average Bonchev–Trinajstić information content (AvgIpc) is 2.30. The molecule has 1 aromatic rings. The van der Waals surface area contributed by atoms with Crippen LogP contribution in [0.1, 0.15) is 9.67 Å². The minimum absolute atomic E-state index is 0.165. The van der Waals surface area contributed by atoms with Crippen molar-refractivity contribution in [2.75, 3.05) is 0 Å². The van der Waals surface area contributed by atoms with Gasteiger partial charge < -0.3 is 9.90 Å². The first kappa shape index (κ1) is 9.14. The molecule has 0 aliphatic carbocycles. The molecule has 0 fully saturated rings. The molecule has 0 amide bonds. The van der Waals surface area contributed by atoms with Crippen LogP contribution in [0.25, 0.3) is 0 Å². The molecule has 1 heterocycles. The van der Waals surface area contributed by atoms with E-state index in [-0.39, 0.29) is 14.4 Å². The summed E-state index contributed by atoms with van der Waals surface area (Å²) in [5.41, 5.74) is 0. The second kappa shape index (κ2) is 3.20.